The second-order valence-corrected chi connectivity index (χ2v) is 8.49. The zero-order valence-corrected chi connectivity index (χ0v) is 12.5. The van der Waals surface area contributed by atoms with Gasteiger partial charge in [-0.05, 0) is 50.8 Å². The minimum absolute atomic E-state index is 0.257. The first-order valence-corrected chi connectivity index (χ1v) is 8.04. The van der Waals surface area contributed by atoms with Crippen LogP contribution in [0.15, 0.2) is 29.2 Å². The van der Waals surface area contributed by atoms with Gasteiger partial charge in [-0.1, -0.05) is 6.07 Å². The van der Waals surface area contributed by atoms with Crippen molar-refractivity contribution in [1.82, 2.24) is 0 Å². The SMILES string of the molecule is CC(C)([C@H]1C[C@@H](O)C1)S(=O)(=O)c1cccc(C(F)(F)F)c1. The maximum Gasteiger partial charge on any atom is 0.416 e. The van der Waals surface area contributed by atoms with Crippen LogP contribution in [0.2, 0.25) is 0 Å². The lowest BCUT2D eigenvalue weighted by Gasteiger charge is -2.42. The van der Waals surface area contributed by atoms with Crippen molar-refractivity contribution in [2.24, 2.45) is 5.92 Å². The van der Waals surface area contributed by atoms with Gasteiger partial charge in [-0.2, -0.15) is 13.2 Å². The molecule has 0 spiro atoms. The number of rotatable bonds is 3. The van der Waals surface area contributed by atoms with Crippen molar-refractivity contribution in [2.45, 2.75) is 48.6 Å². The Morgan fingerprint density at radius 1 is 1.19 bits per heavy atom. The Bertz CT molecular complexity index is 629. The standard InChI is InChI=1S/C14H17F3O3S/c1-13(2,10-6-11(18)7-10)21(19,20)12-5-3-4-9(8-12)14(15,16)17/h3-5,8,10-11,18H,6-7H2,1-2H3/t10-,11+. The summed E-state index contributed by atoms with van der Waals surface area (Å²) in [6.45, 7) is 3.00. The van der Waals surface area contributed by atoms with Gasteiger partial charge in [-0.15, -0.1) is 0 Å². The summed E-state index contributed by atoms with van der Waals surface area (Å²) in [6.07, 6.45) is -4.40. The molecule has 1 aromatic rings. The van der Waals surface area contributed by atoms with E-state index in [9.17, 15) is 26.7 Å². The molecule has 2 rings (SSSR count). The predicted molar refractivity (Wildman–Crippen MR) is 71.4 cm³/mol. The maximum atomic E-state index is 12.7. The van der Waals surface area contributed by atoms with Crippen LogP contribution in [0.4, 0.5) is 13.2 Å². The third-order valence-corrected chi connectivity index (χ3v) is 6.85. The van der Waals surface area contributed by atoms with Crippen LogP contribution in [0.25, 0.3) is 0 Å². The molecule has 1 N–H and O–H groups in total. The van der Waals surface area contributed by atoms with Crippen molar-refractivity contribution >= 4 is 9.84 Å². The summed E-state index contributed by atoms with van der Waals surface area (Å²) in [5, 5.41) is 9.33. The molecule has 0 saturated heterocycles. The number of aliphatic hydroxyl groups excluding tert-OH is 1. The van der Waals surface area contributed by atoms with Crippen molar-refractivity contribution < 1.29 is 26.7 Å². The molecular formula is C14H17F3O3S. The van der Waals surface area contributed by atoms with Gasteiger partial charge in [-0.3, -0.25) is 0 Å². The number of benzene rings is 1. The van der Waals surface area contributed by atoms with Crippen LogP contribution in [0, 0.1) is 5.92 Å². The Morgan fingerprint density at radius 2 is 1.76 bits per heavy atom. The third-order valence-electron chi connectivity index (χ3n) is 4.26. The highest BCUT2D eigenvalue weighted by Gasteiger charge is 2.48. The largest absolute Gasteiger partial charge is 0.416 e. The highest BCUT2D eigenvalue weighted by atomic mass is 32.2. The van der Waals surface area contributed by atoms with Crippen LogP contribution in [-0.2, 0) is 16.0 Å². The molecule has 118 valence electrons. The summed E-state index contributed by atoms with van der Waals surface area (Å²) < 4.78 is 62.2. The summed E-state index contributed by atoms with van der Waals surface area (Å²) in [7, 11) is -3.92. The lowest BCUT2D eigenvalue weighted by molar-refractivity contribution is -0.137. The first-order chi connectivity index (χ1) is 9.46. The van der Waals surface area contributed by atoms with Crippen LogP contribution in [0.5, 0.6) is 0 Å². The summed E-state index contributed by atoms with van der Waals surface area (Å²) in [6, 6.07) is 3.80. The maximum absolute atomic E-state index is 12.7. The molecule has 0 radical (unpaired) electrons. The molecule has 21 heavy (non-hydrogen) atoms. The average Bonchev–Trinajstić information content (AvgIpc) is 2.34. The molecule has 3 nitrogen and oxygen atoms in total. The number of alkyl halides is 3. The fraction of sp³-hybridized carbons (Fsp3) is 0.571. The lowest BCUT2D eigenvalue weighted by atomic mass is 9.75. The van der Waals surface area contributed by atoms with Gasteiger partial charge in [0.05, 0.1) is 21.3 Å². The number of hydrogen-bond donors (Lipinski definition) is 1. The zero-order chi connectivity index (χ0) is 16.1. The van der Waals surface area contributed by atoms with E-state index in [2.05, 4.69) is 0 Å². The molecule has 0 atom stereocenters. The number of sulfone groups is 1. The average molecular weight is 322 g/mol. The molecule has 0 heterocycles. The van der Waals surface area contributed by atoms with Gasteiger partial charge < -0.3 is 5.11 Å². The minimum atomic E-state index is -4.58. The smallest absolute Gasteiger partial charge is 0.393 e. The Kier molecular flexibility index (Phi) is 3.87. The van der Waals surface area contributed by atoms with Crippen LogP contribution in [0.3, 0.4) is 0 Å². The van der Waals surface area contributed by atoms with E-state index in [1.807, 2.05) is 0 Å². The monoisotopic (exact) mass is 322 g/mol. The highest BCUT2D eigenvalue weighted by Crippen LogP contribution is 2.43. The van der Waals surface area contributed by atoms with Crippen molar-refractivity contribution in [2.75, 3.05) is 0 Å². The van der Waals surface area contributed by atoms with Crippen molar-refractivity contribution in [1.29, 1.82) is 0 Å². The van der Waals surface area contributed by atoms with Gasteiger partial charge in [0.1, 0.15) is 0 Å². The van der Waals surface area contributed by atoms with E-state index in [-0.39, 0.29) is 10.8 Å². The van der Waals surface area contributed by atoms with E-state index in [1.165, 1.54) is 19.9 Å². The van der Waals surface area contributed by atoms with Gasteiger partial charge in [0, 0.05) is 0 Å². The number of halogens is 3. The number of hydrogen-bond acceptors (Lipinski definition) is 3. The highest BCUT2D eigenvalue weighted by molar-refractivity contribution is 7.92. The predicted octanol–water partition coefficient (Wildman–Crippen LogP) is 3.03. The molecule has 0 amide bonds. The minimum Gasteiger partial charge on any atom is -0.393 e. The fourth-order valence-corrected chi connectivity index (χ4v) is 4.30. The Hall–Kier alpha value is -1.08. The van der Waals surface area contributed by atoms with Gasteiger partial charge in [0.2, 0.25) is 0 Å². The Balaban J connectivity index is 2.40. The Labute approximate surface area is 121 Å². The van der Waals surface area contributed by atoms with Gasteiger partial charge in [-0.25, -0.2) is 8.42 Å². The molecule has 0 aliphatic heterocycles. The van der Waals surface area contributed by atoms with Gasteiger partial charge in [0.15, 0.2) is 9.84 Å². The summed E-state index contributed by atoms with van der Waals surface area (Å²) in [5.41, 5.74) is -0.979. The summed E-state index contributed by atoms with van der Waals surface area (Å²) in [5.74, 6) is -0.257. The van der Waals surface area contributed by atoms with E-state index in [0.29, 0.717) is 18.9 Å². The fourth-order valence-electron chi connectivity index (χ4n) is 2.52. The third kappa shape index (κ3) is 2.81. The first-order valence-electron chi connectivity index (χ1n) is 6.56. The molecule has 1 fully saturated rings. The molecule has 0 unspecified atom stereocenters. The Morgan fingerprint density at radius 3 is 2.24 bits per heavy atom. The first kappa shape index (κ1) is 16.3. The molecule has 1 aliphatic rings. The topological polar surface area (TPSA) is 54.4 Å². The molecule has 1 saturated carbocycles. The summed E-state index contributed by atoms with van der Waals surface area (Å²) >= 11 is 0. The molecule has 0 aromatic heterocycles. The van der Waals surface area contributed by atoms with E-state index < -0.39 is 32.4 Å². The normalized spacial score (nSPS) is 23.7. The van der Waals surface area contributed by atoms with Crippen molar-refractivity contribution in [3.05, 3.63) is 29.8 Å². The molecule has 7 heteroatoms. The van der Waals surface area contributed by atoms with E-state index >= 15 is 0 Å². The number of aliphatic hydroxyl groups is 1. The zero-order valence-electron chi connectivity index (χ0n) is 11.7. The molecular weight excluding hydrogens is 305 g/mol. The van der Waals surface area contributed by atoms with E-state index in [0.717, 1.165) is 12.1 Å². The molecule has 1 aliphatic carbocycles. The van der Waals surface area contributed by atoms with E-state index in [4.69, 9.17) is 0 Å². The van der Waals surface area contributed by atoms with Gasteiger partial charge in [0.25, 0.3) is 0 Å². The molecule has 0 bridgehead atoms. The van der Waals surface area contributed by atoms with Gasteiger partial charge >= 0.3 is 6.18 Å². The van der Waals surface area contributed by atoms with Crippen LogP contribution in [-0.4, -0.2) is 24.4 Å². The lowest BCUT2D eigenvalue weighted by Crippen LogP contribution is -2.48. The second kappa shape index (κ2) is 4.98. The van der Waals surface area contributed by atoms with Crippen LogP contribution >= 0.6 is 0 Å². The van der Waals surface area contributed by atoms with Crippen molar-refractivity contribution in [3.63, 3.8) is 0 Å². The second-order valence-electron chi connectivity index (χ2n) is 5.95. The summed E-state index contributed by atoms with van der Waals surface area (Å²) in [4.78, 5) is -0.330. The molecule has 1 aromatic carbocycles. The quantitative estimate of drug-likeness (QED) is 0.930. The van der Waals surface area contributed by atoms with Crippen LogP contribution < -0.4 is 0 Å². The van der Waals surface area contributed by atoms with Crippen molar-refractivity contribution in [3.8, 4) is 0 Å². The van der Waals surface area contributed by atoms with E-state index in [1.54, 1.807) is 0 Å². The van der Waals surface area contributed by atoms with Crippen LogP contribution in [0.1, 0.15) is 32.3 Å².